The summed E-state index contributed by atoms with van der Waals surface area (Å²) in [5.74, 6) is 1.98. The molecule has 2 aliphatic carbocycles. The lowest BCUT2D eigenvalue weighted by molar-refractivity contribution is 0.0627. The summed E-state index contributed by atoms with van der Waals surface area (Å²) in [6.07, 6.45) is 10.0. The Morgan fingerprint density at radius 1 is 1.17 bits per heavy atom. The van der Waals surface area contributed by atoms with Gasteiger partial charge in [-0.15, -0.1) is 0 Å². The van der Waals surface area contributed by atoms with Crippen molar-refractivity contribution in [2.24, 2.45) is 11.8 Å². The highest BCUT2D eigenvalue weighted by Gasteiger charge is 2.48. The summed E-state index contributed by atoms with van der Waals surface area (Å²) < 4.78 is 0. The van der Waals surface area contributed by atoms with E-state index in [9.17, 15) is 0 Å². The average Bonchev–Trinajstić information content (AvgIpc) is 3.20. The van der Waals surface area contributed by atoms with Gasteiger partial charge in [0, 0.05) is 24.7 Å². The first kappa shape index (κ1) is 12.9. The van der Waals surface area contributed by atoms with Gasteiger partial charge < -0.3 is 5.32 Å². The Balaban J connectivity index is 1.59. The van der Waals surface area contributed by atoms with Crippen molar-refractivity contribution in [1.29, 1.82) is 0 Å². The van der Waals surface area contributed by atoms with Crippen molar-refractivity contribution < 1.29 is 0 Å². The molecule has 0 radical (unpaired) electrons. The molecule has 18 heavy (non-hydrogen) atoms. The van der Waals surface area contributed by atoms with Crippen LogP contribution in [0.25, 0.3) is 0 Å². The van der Waals surface area contributed by atoms with Gasteiger partial charge in [0.05, 0.1) is 0 Å². The maximum Gasteiger partial charge on any atom is 0.0309 e. The first-order valence-electron chi connectivity index (χ1n) is 8.22. The minimum Gasteiger partial charge on any atom is -0.308 e. The molecule has 1 saturated heterocycles. The Morgan fingerprint density at radius 2 is 1.94 bits per heavy atom. The Hall–Kier alpha value is -0.0800. The first-order chi connectivity index (χ1) is 8.73. The quantitative estimate of drug-likeness (QED) is 0.729. The largest absolute Gasteiger partial charge is 0.308 e. The van der Waals surface area contributed by atoms with E-state index < -0.39 is 0 Å². The van der Waals surface area contributed by atoms with Crippen molar-refractivity contribution in [2.45, 2.75) is 70.4 Å². The smallest absolute Gasteiger partial charge is 0.0309 e. The van der Waals surface area contributed by atoms with Gasteiger partial charge >= 0.3 is 0 Å². The summed E-state index contributed by atoms with van der Waals surface area (Å²) in [6, 6.07) is 0.855. The predicted octanol–water partition coefficient (Wildman–Crippen LogP) is 3.03. The Labute approximate surface area is 113 Å². The highest BCUT2D eigenvalue weighted by molar-refractivity contribution is 5.06. The third kappa shape index (κ3) is 2.75. The van der Waals surface area contributed by atoms with Crippen LogP contribution < -0.4 is 5.32 Å². The number of unbranched alkanes of at least 4 members (excludes halogenated alkanes) is 2. The number of rotatable bonds is 6. The fourth-order valence-electron chi connectivity index (χ4n) is 3.81. The van der Waals surface area contributed by atoms with Crippen molar-refractivity contribution in [2.75, 3.05) is 19.6 Å². The molecular formula is C16H30N2. The summed E-state index contributed by atoms with van der Waals surface area (Å²) >= 11 is 0. The van der Waals surface area contributed by atoms with Crippen molar-refractivity contribution in [3.05, 3.63) is 0 Å². The van der Waals surface area contributed by atoms with Crippen LogP contribution in [0.15, 0.2) is 0 Å². The van der Waals surface area contributed by atoms with Gasteiger partial charge in [-0.1, -0.05) is 19.8 Å². The second-order valence-electron chi connectivity index (χ2n) is 7.16. The Bertz CT molecular complexity index is 283. The van der Waals surface area contributed by atoms with E-state index >= 15 is 0 Å². The minimum atomic E-state index is 0.428. The van der Waals surface area contributed by atoms with Crippen molar-refractivity contribution in [1.82, 2.24) is 10.2 Å². The number of nitrogens with zero attached hydrogens (tertiary/aromatic N) is 1. The molecule has 1 aliphatic heterocycles. The summed E-state index contributed by atoms with van der Waals surface area (Å²) in [7, 11) is 0. The minimum absolute atomic E-state index is 0.428. The summed E-state index contributed by atoms with van der Waals surface area (Å²) in [6.45, 7) is 8.69. The third-order valence-corrected chi connectivity index (χ3v) is 5.41. The molecular weight excluding hydrogens is 220 g/mol. The van der Waals surface area contributed by atoms with Gasteiger partial charge in [-0.05, 0) is 57.4 Å². The SMILES string of the molecule is CCCCCN1CC(C)(C2CC2)NCC1C1CC1. The van der Waals surface area contributed by atoms with E-state index in [0.29, 0.717) is 5.54 Å². The molecule has 2 heteroatoms. The van der Waals surface area contributed by atoms with E-state index in [2.05, 4.69) is 24.1 Å². The Kier molecular flexibility index (Phi) is 3.68. The molecule has 3 aliphatic rings. The van der Waals surface area contributed by atoms with Crippen LogP contribution in [0, 0.1) is 11.8 Å². The lowest BCUT2D eigenvalue weighted by Crippen LogP contribution is -2.64. The lowest BCUT2D eigenvalue weighted by atomic mass is 9.89. The zero-order valence-electron chi connectivity index (χ0n) is 12.3. The van der Waals surface area contributed by atoms with Gasteiger partial charge in [0.2, 0.25) is 0 Å². The number of hydrogen-bond acceptors (Lipinski definition) is 2. The molecule has 0 bridgehead atoms. The standard InChI is InChI=1S/C16H30N2/c1-3-4-5-10-18-12-16(2,14-8-9-14)17-11-15(18)13-6-7-13/h13-15,17H,3-12H2,1-2H3. The molecule has 1 heterocycles. The normalized spacial score (nSPS) is 38.0. The number of piperazine rings is 1. The summed E-state index contributed by atoms with van der Waals surface area (Å²) in [5, 5.41) is 3.91. The maximum absolute atomic E-state index is 3.91. The number of hydrogen-bond donors (Lipinski definition) is 1. The molecule has 3 rings (SSSR count). The van der Waals surface area contributed by atoms with Crippen LogP contribution in [-0.4, -0.2) is 36.1 Å². The molecule has 2 saturated carbocycles. The zero-order valence-corrected chi connectivity index (χ0v) is 12.3. The first-order valence-corrected chi connectivity index (χ1v) is 8.22. The fourth-order valence-corrected chi connectivity index (χ4v) is 3.81. The predicted molar refractivity (Wildman–Crippen MR) is 76.7 cm³/mol. The highest BCUT2D eigenvalue weighted by Crippen LogP contribution is 2.44. The number of nitrogens with one attached hydrogen (secondary N) is 1. The van der Waals surface area contributed by atoms with Gasteiger partial charge in [-0.3, -0.25) is 4.90 Å². The van der Waals surface area contributed by atoms with Crippen molar-refractivity contribution in [3.8, 4) is 0 Å². The Morgan fingerprint density at radius 3 is 2.56 bits per heavy atom. The van der Waals surface area contributed by atoms with E-state index in [4.69, 9.17) is 0 Å². The van der Waals surface area contributed by atoms with Gasteiger partial charge in [0.1, 0.15) is 0 Å². The molecule has 2 nitrogen and oxygen atoms in total. The van der Waals surface area contributed by atoms with Crippen LogP contribution in [0.1, 0.15) is 58.8 Å². The van der Waals surface area contributed by atoms with Crippen LogP contribution in [0.4, 0.5) is 0 Å². The molecule has 0 aromatic rings. The fraction of sp³-hybridized carbons (Fsp3) is 1.00. The molecule has 0 aromatic carbocycles. The molecule has 2 unspecified atom stereocenters. The summed E-state index contributed by atoms with van der Waals surface area (Å²) in [4.78, 5) is 2.85. The monoisotopic (exact) mass is 250 g/mol. The molecule has 104 valence electrons. The van der Waals surface area contributed by atoms with E-state index in [1.807, 2.05) is 0 Å². The van der Waals surface area contributed by atoms with Crippen LogP contribution in [0.2, 0.25) is 0 Å². The van der Waals surface area contributed by atoms with Gasteiger partial charge in [0.15, 0.2) is 0 Å². The molecule has 2 atom stereocenters. The second kappa shape index (κ2) is 5.13. The average molecular weight is 250 g/mol. The molecule has 0 aromatic heterocycles. The van der Waals surface area contributed by atoms with E-state index in [-0.39, 0.29) is 0 Å². The highest BCUT2D eigenvalue weighted by atomic mass is 15.3. The topological polar surface area (TPSA) is 15.3 Å². The van der Waals surface area contributed by atoms with Crippen LogP contribution >= 0.6 is 0 Å². The molecule has 3 fully saturated rings. The zero-order chi connectivity index (χ0) is 12.6. The maximum atomic E-state index is 3.91. The summed E-state index contributed by atoms with van der Waals surface area (Å²) in [5.41, 5.74) is 0.428. The van der Waals surface area contributed by atoms with E-state index in [0.717, 1.165) is 17.9 Å². The van der Waals surface area contributed by atoms with Crippen LogP contribution in [0.5, 0.6) is 0 Å². The molecule has 1 N–H and O–H groups in total. The van der Waals surface area contributed by atoms with Crippen molar-refractivity contribution >= 4 is 0 Å². The van der Waals surface area contributed by atoms with E-state index in [1.54, 1.807) is 0 Å². The van der Waals surface area contributed by atoms with Gasteiger partial charge in [0.25, 0.3) is 0 Å². The van der Waals surface area contributed by atoms with Gasteiger partial charge in [-0.2, -0.15) is 0 Å². The molecule has 0 amide bonds. The van der Waals surface area contributed by atoms with Crippen LogP contribution in [0.3, 0.4) is 0 Å². The molecule has 0 spiro atoms. The van der Waals surface area contributed by atoms with Crippen molar-refractivity contribution in [3.63, 3.8) is 0 Å². The third-order valence-electron chi connectivity index (χ3n) is 5.41. The van der Waals surface area contributed by atoms with Gasteiger partial charge in [-0.25, -0.2) is 0 Å². The van der Waals surface area contributed by atoms with Crippen LogP contribution in [-0.2, 0) is 0 Å². The lowest BCUT2D eigenvalue weighted by Gasteiger charge is -2.47. The van der Waals surface area contributed by atoms with E-state index in [1.165, 1.54) is 64.6 Å². The second-order valence-corrected chi connectivity index (χ2v) is 7.16.